The Morgan fingerprint density at radius 1 is 1.50 bits per heavy atom. The third-order valence-corrected chi connectivity index (χ3v) is 2.09. The molecule has 0 atom stereocenters. The quantitative estimate of drug-likeness (QED) is 0.460. The SMILES string of the molecule is CCc1cc([N+](=O)[O-])ccc1C(=O)N(O)O. The fourth-order valence-electron chi connectivity index (χ4n) is 1.30. The first-order valence-electron chi connectivity index (χ1n) is 4.47. The van der Waals surface area contributed by atoms with Gasteiger partial charge in [0, 0.05) is 17.7 Å². The van der Waals surface area contributed by atoms with E-state index in [1.807, 2.05) is 0 Å². The minimum Gasteiger partial charge on any atom is -0.264 e. The molecule has 0 aromatic heterocycles. The lowest BCUT2D eigenvalue weighted by atomic mass is 10.0. The van der Waals surface area contributed by atoms with E-state index in [-0.39, 0.29) is 11.3 Å². The van der Waals surface area contributed by atoms with Crippen molar-refractivity contribution >= 4 is 11.6 Å². The van der Waals surface area contributed by atoms with Gasteiger partial charge in [-0.15, -0.1) is 0 Å². The van der Waals surface area contributed by atoms with E-state index in [0.29, 0.717) is 12.0 Å². The lowest BCUT2D eigenvalue weighted by Crippen LogP contribution is -2.24. The van der Waals surface area contributed by atoms with Gasteiger partial charge in [0.15, 0.2) is 0 Å². The van der Waals surface area contributed by atoms with Gasteiger partial charge in [-0.1, -0.05) is 12.2 Å². The number of non-ortho nitro benzene ring substituents is 1. The summed E-state index contributed by atoms with van der Waals surface area (Å²) in [4.78, 5) is 21.2. The number of hydrogen-bond donors (Lipinski definition) is 2. The van der Waals surface area contributed by atoms with Crippen molar-refractivity contribution in [2.24, 2.45) is 0 Å². The predicted octanol–water partition coefficient (Wildman–Crippen LogP) is 1.38. The van der Waals surface area contributed by atoms with Crippen LogP contribution in [0.15, 0.2) is 18.2 Å². The summed E-state index contributed by atoms with van der Waals surface area (Å²) in [6.45, 7) is 1.70. The molecule has 0 saturated carbocycles. The zero-order valence-corrected chi connectivity index (χ0v) is 8.45. The van der Waals surface area contributed by atoms with Crippen LogP contribution in [-0.2, 0) is 6.42 Å². The van der Waals surface area contributed by atoms with Crippen LogP contribution in [0.1, 0.15) is 22.8 Å². The van der Waals surface area contributed by atoms with Crippen molar-refractivity contribution in [3.8, 4) is 0 Å². The van der Waals surface area contributed by atoms with Gasteiger partial charge in [-0.3, -0.25) is 25.3 Å². The Morgan fingerprint density at radius 2 is 2.12 bits per heavy atom. The normalized spacial score (nSPS) is 9.94. The maximum atomic E-state index is 11.3. The Hall–Kier alpha value is -1.99. The third-order valence-electron chi connectivity index (χ3n) is 2.09. The number of rotatable bonds is 3. The summed E-state index contributed by atoms with van der Waals surface area (Å²) < 4.78 is 0. The number of aryl methyl sites for hydroxylation is 1. The predicted molar refractivity (Wildman–Crippen MR) is 52.2 cm³/mol. The summed E-state index contributed by atoms with van der Waals surface area (Å²) in [5.74, 6) is -1.02. The fraction of sp³-hybridized carbons (Fsp3) is 0.222. The van der Waals surface area contributed by atoms with E-state index in [1.165, 1.54) is 12.1 Å². The third kappa shape index (κ3) is 2.33. The van der Waals surface area contributed by atoms with Crippen molar-refractivity contribution in [1.29, 1.82) is 0 Å². The molecule has 0 radical (unpaired) electrons. The highest BCUT2D eigenvalue weighted by Gasteiger charge is 2.18. The van der Waals surface area contributed by atoms with Crippen LogP contribution in [0.3, 0.4) is 0 Å². The van der Waals surface area contributed by atoms with Crippen molar-refractivity contribution in [3.05, 3.63) is 39.4 Å². The van der Waals surface area contributed by atoms with Gasteiger partial charge in [-0.05, 0) is 18.1 Å². The van der Waals surface area contributed by atoms with E-state index in [4.69, 9.17) is 10.4 Å². The van der Waals surface area contributed by atoms with Crippen molar-refractivity contribution < 1.29 is 20.1 Å². The highest BCUT2D eigenvalue weighted by atomic mass is 16.8. The highest BCUT2D eigenvalue weighted by molar-refractivity contribution is 5.94. The van der Waals surface area contributed by atoms with Crippen LogP contribution >= 0.6 is 0 Å². The summed E-state index contributed by atoms with van der Waals surface area (Å²) >= 11 is 0. The monoisotopic (exact) mass is 226 g/mol. The number of carbonyl (C=O) groups excluding carboxylic acids is 1. The molecule has 7 nitrogen and oxygen atoms in total. The van der Waals surface area contributed by atoms with Crippen LogP contribution in [0.5, 0.6) is 0 Å². The number of hydrogen-bond acceptors (Lipinski definition) is 5. The topological polar surface area (TPSA) is 104 Å². The minimum absolute atomic E-state index is 0.0260. The molecule has 0 unspecified atom stereocenters. The molecule has 0 aliphatic carbocycles. The number of nitro groups is 1. The first-order valence-corrected chi connectivity index (χ1v) is 4.47. The van der Waals surface area contributed by atoms with Crippen molar-refractivity contribution in [3.63, 3.8) is 0 Å². The van der Waals surface area contributed by atoms with E-state index in [9.17, 15) is 14.9 Å². The van der Waals surface area contributed by atoms with Crippen molar-refractivity contribution in [2.45, 2.75) is 13.3 Å². The Kier molecular flexibility index (Phi) is 3.54. The molecule has 86 valence electrons. The highest BCUT2D eigenvalue weighted by Crippen LogP contribution is 2.19. The van der Waals surface area contributed by atoms with Gasteiger partial charge in [-0.2, -0.15) is 0 Å². The molecule has 2 N–H and O–H groups in total. The maximum Gasteiger partial charge on any atom is 0.303 e. The van der Waals surface area contributed by atoms with E-state index < -0.39 is 16.1 Å². The summed E-state index contributed by atoms with van der Waals surface area (Å²) in [5, 5.41) is 27.1. The molecule has 1 amide bonds. The Morgan fingerprint density at radius 3 is 2.56 bits per heavy atom. The van der Waals surface area contributed by atoms with Crippen LogP contribution in [0.25, 0.3) is 0 Å². The van der Waals surface area contributed by atoms with E-state index in [2.05, 4.69) is 0 Å². The fourth-order valence-corrected chi connectivity index (χ4v) is 1.30. The molecule has 0 spiro atoms. The number of nitro benzene ring substituents is 1. The van der Waals surface area contributed by atoms with Crippen molar-refractivity contribution in [2.75, 3.05) is 0 Å². The molecular formula is C9H10N2O5. The molecule has 0 bridgehead atoms. The van der Waals surface area contributed by atoms with Gasteiger partial charge in [0.05, 0.1) is 4.92 Å². The standard InChI is InChI=1S/C9H10N2O5/c1-2-6-5-7(10(13)14)3-4-8(6)9(12)11(15)16/h3-5,15-16H,2H2,1H3. The number of amides is 1. The summed E-state index contributed by atoms with van der Waals surface area (Å²) in [6.07, 6.45) is 0.372. The molecule has 1 rings (SSSR count). The maximum absolute atomic E-state index is 11.3. The van der Waals surface area contributed by atoms with E-state index in [1.54, 1.807) is 6.92 Å². The van der Waals surface area contributed by atoms with Crippen LogP contribution in [0, 0.1) is 10.1 Å². The lowest BCUT2D eigenvalue weighted by Gasteiger charge is -2.09. The molecule has 16 heavy (non-hydrogen) atoms. The molecule has 1 aromatic rings. The molecule has 0 aliphatic heterocycles. The molecule has 0 aliphatic rings. The molecule has 1 aromatic carbocycles. The summed E-state index contributed by atoms with van der Waals surface area (Å²) in [5.41, 5.74) is 0.265. The average Bonchev–Trinajstić information content (AvgIpc) is 2.26. The molecular weight excluding hydrogens is 216 g/mol. The van der Waals surface area contributed by atoms with Crippen LogP contribution in [0.2, 0.25) is 0 Å². The lowest BCUT2D eigenvalue weighted by molar-refractivity contribution is -0.384. The van der Waals surface area contributed by atoms with Gasteiger partial charge in [0.1, 0.15) is 0 Å². The van der Waals surface area contributed by atoms with Gasteiger partial charge in [0.2, 0.25) is 0 Å². The molecule has 0 heterocycles. The van der Waals surface area contributed by atoms with Gasteiger partial charge in [-0.25, -0.2) is 0 Å². The Bertz CT molecular complexity index is 430. The Balaban J connectivity index is 3.22. The zero-order chi connectivity index (χ0) is 12.3. The summed E-state index contributed by atoms with van der Waals surface area (Å²) in [6, 6.07) is 3.56. The smallest absolute Gasteiger partial charge is 0.264 e. The second kappa shape index (κ2) is 4.69. The largest absolute Gasteiger partial charge is 0.303 e. The van der Waals surface area contributed by atoms with Crippen LogP contribution in [0.4, 0.5) is 5.69 Å². The number of nitrogens with zero attached hydrogens (tertiary/aromatic N) is 2. The Labute approximate surface area is 90.6 Å². The second-order valence-corrected chi connectivity index (χ2v) is 3.05. The molecule has 0 saturated heterocycles. The van der Waals surface area contributed by atoms with Crippen molar-refractivity contribution in [1.82, 2.24) is 5.23 Å². The first kappa shape index (κ1) is 12.1. The van der Waals surface area contributed by atoms with E-state index in [0.717, 1.165) is 6.07 Å². The first-order chi connectivity index (χ1) is 7.47. The molecule has 0 fully saturated rings. The zero-order valence-electron chi connectivity index (χ0n) is 8.45. The van der Waals surface area contributed by atoms with Crippen LogP contribution in [-0.4, -0.2) is 26.5 Å². The minimum atomic E-state index is -1.02. The number of benzene rings is 1. The summed E-state index contributed by atoms with van der Waals surface area (Å²) in [7, 11) is 0. The number of carbonyl (C=O) groups is 1. The van der Waals surface area contributed by atoms with Gasteiger partial charge >= 0.3 is 5.91 Å². The average molecular weight is 226 g/mol. The van der Waals surface area contributed by atoms with Gasteiger partial charge < -0.3 is 0 Å². The van der Waals surface area contributed by atoms with E-state index >= 15 is 0 Å². The number of hydroxylamine groups is 2. The van der Waals surface area contributed by atoms with Crippen LogP contribution < -0.4 is 0 Å². The second-order valence-electron chi connectivity index (χ2n) is 3.05. The molecule has 7 heteroatoms. The van der Waals surface area contributed by atoms with Gasteiger partial charge in [0.25, 0.3) is 5.69 Å².